The number of piperidine rings is 1. The Balaban J connectivity index is 1.50. The van der Waals surface area contributed by atoms with Crippen LogP contribution in [0, 0.1) is 6.92 Å². The van der Waals surface area contributed by atoms with Gasteiger partial charge in [0, 0.05) is 24.0 Å². The van der Waals surface area contributed by atoms with E-state index >= 15 is 0 Å². The number of rotatable bonds is 3. The fourth-order valence-corrected chi connectivity index (χ4v) is 3.13. The predicted molar refractivity (Wildman–Crippen MR) is 97.2 cm³/mol. The summed E-state index contributed by atoms with van der Waals surface area (Å²) in [6.07, 6.45) is 7.37. The highest BCUT2D eigenvalue weighted by Crippen LogP contribution is 2.23. The lowest BCUT2D eigenvalue weighted by molar-refractivity contribution is 0.164. The minimum atomic E-state index is 0.0409. The van der Waals surface area contributed by atoms with Crippen molar-refractivity contribution in [2.24, 2.45) is 0 Å². The van der Waals surface area contributed by atoms with Gasteiger partial charge in [0.15, 0.2) is 0 Å². The Hall–Kier alpha value is -2.47. The summed E-state index contributed by atoms with van der Waals surface area (Å²) in [5.41, 5.74) is 2.66. The van der Waals surface area contributed by atoms with Crippen LogP contribution in [-0.4, -0.2) is 39.1 Å². The number of benzene rings is 1. The average molecular weight is 356 g/mol. The van der Waals surface area contributed by atoms with E-state index in [-0.39, 0.29) is 6.10 Å². The highest BCUT2D eigenvalue weighted by atomic mass is 35.5. The van der Waals surface area contributed by atoms with Crippen molar-refractivity contribution >= 4 is 28.5 Å². The molecule has 3 heterocycles. The first-order valence-corrected chi connectivity index (χ1v) is 8.68. The highest BCUT2D eigenvalue weighted by molar-refractivity contribution is 6.31. The molecule has 2 aromatic heterocycles. The number of fused-ring (bicyclic) bond motifs is 1. The van der Waals surface area contributed by atoms with Crippen molar-refractivity contribution in [3.8, 4) is 6.01 Å². The van der Waals surface area contributed by atoms with E-state index < -0.39 is 0 Å². The van der Waals surface area contributed by atoms with Gasteiger partial charge in [-0.3, -0.25) is 4.98 Å². The summed E-state index contributed by atoms with van der Waals surface area (Å²) < 4.78 is 5.94. The van der Waals surface area contributed by atoms with E-state index in [9.17, 15) is 0 Å². The van der Waals surface area contributed by atoms with Gasteiger partial charge in [-0.2, -0.15) is 0 Å². The molecule has 7 heteroatoms. The van der Waals surface area contributed by atoms with Crippen LogP contribution in [0.4, 0.5) is 5.82 Å². The summed E-state index contributed by atoms with van der Waals surface area (Å²) in [6.45, 7) is 3.63. The summed E-state index contributed by atoms with van der Waals surface area (Å²) in [5, 5.41) is 0.666. The van der Waals surface area contributed by atoms with Gasteiger partial charge in [0.25, 0.3) is 0 Å². The average Bonchev–Trinajstić information content (AvgIpc) is 2.63. The number of anilines is 1. The molecular weight excluding hydrogens is 338 g/mol. The maximum atomic E-state index is 6.01. The molecule has 0 aliphatic carbocycles. The number of halogens is 1. The van der Waals surface area contributed by atoms with Crippen molar-refractivity contribution in [2.75, 3.05) is 18.0 Å². The fraction of sp³-hybridized carbons (Fsp3) is 0.333. The third-order valence-electron chi connectivity index (χ3n) is 4.22. The summed E-state index contributed by atoms with van der Waals surface area (Å²) in [6, 6.07) is 5.98. The first kappa shape index (κ1) is 16.0. The molecule has 0 amide bonds. The molecule has 0 bridgehead atoms. The molecule has 0 saturated carbocycles. The fourth-order valence-electron chi connectivity index (χ4n) is 2.96. The van der Waals surface area contributed by atoms with Crippen LogP contribution in [0.2, 0.25) is 5.02 Å². The number of hydrogen-bond donors (Lipinski definition) is 0. The zero-order chi connectivity index (χ0) is 17.2. The molecule has 0 spiro atoms. The van der Waals surface area contributed by atoms with Gasteiger partial charge in [0.2, 0.25) is 0 Å². The quantitative estimate of drug-likeness (QED) is 0.717. The Morgan fingerprint density at radius 2 is 1.96 bits per heavy atom. The molecule has 4 rings (SSSR count). The van der Waals surface area contributed by atoms with Crippen molar-refractivity contribution in [3.63, 3.8) is 0 Å². The van der Waals surface area contributed by atoms with Gasteiger partial charge in [-0.25, -0.2) is 15.0 Å². The Bertz CT molecular complexity index is 886. The highest BCUT2D eigenvalue weighted by Gasteiger charge is 2.23. The van der Waals surface area contributed by atoms with Crippen molar-refractivity contribution in [1.29, 1.82) is 0 Å². The summed E-state index contributed by atoms with van der Waals surface area (Å²) >= 11 is 6.01. The van der Waals surface area contributed by atoms with Crippen molar-refractivity contribution in [1.82, 2.24) is 19.9 Å². The topological polar surface area (TPSA) is 64.0 Å². The van der Waals surface area contributed by atoms with E-state index in [2.05, 4.69) is 19.9 Å². The van der Waals surface area contributed by atoms with Crippen LogP contribution < -0.4 is 9.64 Å². The first-order valence-electron chi connectivity index (χ1n) is 8.30. The van der Waals surface area contributed by atoms with Crippen LogP contribution in [0.15, 0.2) is 36.8 Å². The lowest BCUT2D eigenvalue weighted by Gasteiger charge is -2.33. The summed E-state index contributed by atoms with van der Waals surface area (Å²) in [7, 11) is 0. The molecule has 1 aliphatic heterocycles. The molecule has 1 aliphatic rings. The molecule has 1 aromatic carbocycles. The number of nitrogens with zero attached hydrogens (tertiary/aromatic N) is 5. The lowest BCUT2D eigenvalue weighted by atomic mass is 10.1. The van der Waals surface area contributed by atoms with E-state index in [1.807, 2.05) is 25.1 Å². The van der Waals surface area contributed by atoms with E-state index in [4.69, 9.17) is 21.3 Å². The minimum Gasteiger partial charge on any atom is -0.458 e. The van der Waals surface area contributed by atoms with Crippen LogP contribution in [0.25, 0.3) is 11.0 Å². The number of aryl methyl sites for hydroxylation is 1. The zero-order valence-electron chi connectivity index (χ0n) is 13.9. The van der Waals surface area contributed by atoms with Gasteiger partial charge in [-0.15, -0.1) is 0 Å². The molecule has 128 valence electrons. The third kappa shape index (κ3) is 3.64. The van der Waals surface area contributed by atoms with Gasteiger partial charge in [-0.1, -0.05) is 11.6 Å². The smallest absolute Gasteiger partial charge is 0.316 e. The Labute approximate surface area is 150 Å². The number of aromatic nitrogens is 4. The molecule has 6 nitrogen and oxygen atoms in total. The van der Waals surface area contributed by atoms with Crippen LogP contribution in [0.5, 0.6) is 6.01 Å². The van der Waals surface area contributed by atoms with Gasteiger partial charge in [0.05, 0.1) is 23.8 Å². The van der Waals surface area contributed by atoms with Crippen molar-refractivity contribution < 1.29 is 4.74 Å². The summed E-state index contributed by atoms with van der Waals surface area (Å²) in [4.78, 5) is 19.8. The Morgan fingerprint density at radius 3 is 2.80 bits per heavy atom. The maximum absolute atomic E-state index is 6.01. The van der Waals surface area contributed by atoms with E-state index in [0.29, 0.717) is 11.0 Å². The van der Waals surface area contributed by atoms with Gasteiger partial charge < -0.3 is 9.64 Å². The monoisotopic (exact) mass is 355 g/mol. The molecule has 1 saturated heterocycles. The van der Waals surface area contributed by atoms with E-state index in [1.165, 1.54) is 0 Å². The van der Waals surface area contributed by atoms with Crippen LogP contribution in [-0.2, 0) is 0 Å². The minimum absolute atomic E-state index is 0.0409. The third-order valence-corrected chi connectivity index (χ3v) is 4.46. The van der Waals surface area contributed by atoms with E-state index in [0.717, 1.165) is 48.3 Å². The maximum Gasteiger partial charge on any atom is 0.316 e. The lowest BCUT2D eigenvalue weighted by Crippen LogP contribution is -2.41. The number of hydrogen-bond acceptors (Lipinski definition) is 6. The van der Waals surface area contributed by atoms with E-state index in [1.54, 1.807) is 18.6 Å². The largest absolute Gasteiger partial charge is 0.458 e. The van der Waals surface area contributed by atoms with Crippen LogP contribution in [0.3, 0.4) is 0 Å². The second-order valence-corrected chi connectivity index (χ2v) is 6.67. The molecule has 1 unspecified atom stereocenters. The summed E-state index contributed by atoms with van der Waals surface area (Å²) in [5.74, 6) is 0.855. The molecule has 1 atom stereocenters. The van der Waals surface area contributed by atoms with Gasteiger partial charge >= 0.3 is 6.01 Å². The molecule has 0 radical (unpaired) electrons. The Morgan fingerprint density at radius 1 is 1.12 bits per heavy atom. The van der Waals surface area contributed by atoms with Crippen LogP contribution >= 0.6 is 11.6 Å². The second-order valence-electron chi connectivity index (χ2n) is 6.23. The predicted octanol–water partition coefficient (Wildman–Crippen LogP) is 3.43. The normalized spacial score (nSPS) is 17.7. The standard InChI is InChI=1S/C18H18ClN5O/c1-12-8-21-18(22-9-12)25-14-3-2-6-24(11-14)17-10-20-16-7-13(19)4-5-15(16)23-17/h4-5,7-10,14H,2-3,6,11H2,1H3. The SMILES string of the molecule is Cc1cnc(OC2CCCN(c3cnc4cc(Cl)ccc4n3)C2)nc1. The second kappa shape index (κ2) is 6.80. The molecule has 1 fully saturated rings. The molecule has 0 N–H and O–H groups in total. The first-order chi connectivity index (χ1) is 12.2. The van der Waals surface area contributed by atoms with Crippen molar-refractivity contribution in [3.05, 3.63) is 47.4 Å². The molecule has 25 heavy (non-hydrogen) atoms. The van der Waals surface area contributed by atoms with Gasteiger partial charge in [0.1, 0.15) is 11.9 Å². The van der Waals surface area contributed by atoms with Crippen molar-refractivity contribution in [2.45, 2.75) is 25.9 Å². The molecule has 3 aromatic rings. The van der Waals surface area contributed by atoms with Gasteiger partial charge in [-0.05, 0) is 43.5 Å². The van der Waals surface area contributed by atoms with Crippen LogP contribution in [0.1, 0.15) is 18.4 Å². The zero-order valence-corrected chi connectivity index (χ0v) is 14.6. The molecular formula is C18H18ClN5O. The number of ether oxygens (including phenoxy) is 1. The Kier molecular flexibility index (Phi) is 4.36.